The predicted octanol–water partition coefficient (Wildman–Crippen LogP) is 2.82. The molecular weight excluding hydrogens is 398 g/mol. The van der Waals surface area contributed by atoms with E-state index in [0.29, 0.717) is 26.6 Å². The van der Waals surface area contributed by atoms with Crippen LogP contribution in [0.3, 0.4) is 0 Å². The molecule has 2 amide bonds. The molecule has 0 saturated heterocycles. The number of carbonyl (C=O) groups excluding carboxylic acids is 2. The summed E-state index contributed by atoms with van der Waals surface area (Å²) in [6.07, 6.45) is 0. The van der Waals surface area contributed by atoms with Crippen LogP contribution in [0.4, 0.5) is 5.69 Å². The highest BCUT2D eigenvalue weighted by atomic mass is 79.9. The molecule has 2 heterocycles. The predicted molar refractivity (Wildman–Crippen MR) is 97.3 cm³/mol. The molecule has 1 aliphatic rings. The molecule has 1 N–H and O–H groups in total. The Morgan fingerprint density at radius 2 is 1.73 bits per heavy atom. The topological polar surface area (TPSA) is 84.0 Å². The fraction of sp³-hybridized carbons (Fsp3) is 0.0526. The van der Waals surface area contributed by atoms with Gasteiger partial charge in [0.2, 0.25) is 0 Å². The number of fused-ring (bicyclic) bond motifs is 1. The van der Waals surface area contributed by atoms with Crippen LogP contribution in [0.25, 0.3) is 0 Å². The lowest BCUT2D eigenvalue weighted by atomic mass is 10.0. The molecule has 0 bridgehead atoms. The molecule has 0 radical (unpaired) electrons. The molecule has 7 heteroatoms. The summed E-state index contributed by atoms with van der Waals surface area (Å²) in [5.74, 6) is -0.622. The molecule has 26 heavy (non-hydrogen) atoms. The number of hydrogen-bond donors (Lipinski definition) is 1. The first-order chi connectivity index (χ1) is 12.6. The van der Waals surface area contributed by atoms with Crippen LogP contribution in [0.15, 0.2) is 79.7 Å². The molecule has 1 aromatic heterocycles. The highest BCUT2D eigenvalue weighted by Gasteiger charge is 2.25. The molecule has 0 aliphatic carbocycles. The van der Waals surface area contributed by atoms with Crippen LogP contribution in [0.2, 0.25) is 0 Å². The molecular formula is C19H12BrN3O3. The Labute approximate surface area is 156 Å². The van der Waals surface area contributed by atoms with Crippen molar-refractivity contribution in [2.24, 2.45) is 9.98 Å². The molecule has 4 rings (SSSR count). The fourth-order valence-electron chi connectivity index (χ4n) is 2.71. The second kappa shape index (κ2) is 6.68. The smallest absolute Gasteiger partial charge is 0.291 e. The summed E-state index contributed by atoms with van der Waals surface area (Å²) >= 11 is 3.17. The number of halogens is 1. The average Bonchev–Trinajstić information content (AvgIpc) is 3.08. The largest absolute Gasteiger partial charge is 0.444 e. The second-order valence-electron chi connectivity index (χ2n) is 5.62. The number of hydrogen-bond acceptors (Lipinski definition) is 4. The van der Waals surface area contributed by atoms with Crippen LogP contribution in [0.5, 0.6) is 0 Å². The van der Waals surface area contributed by atoms with Gasteiger partial charge in [0.15, 0.2) is 16.5 Å². The molecule has 6 nitrogen and oxygen atoms in total. The minimum absolute atomic E-state index is 0.161. The van der Waals surface area contributed by atoms with E-state index in [0.717, 1.165) is 0 Å². The van der Waals surface area contributed by atoms with Crippen molar-refractivity contribution in [1.29, 1.82) is 0 Å². The summed E-state index contributed by atoms with van der Waals surface area (Å²) in [5, 5.41) is 3.97. The molecule has 0 spiro atoms. The number of furan rings is 1. The van der Waals surface area contributed by atoms with E-state index in [-0.39, 0.29) is 11.7 Å². The van der Waals surface area contributed by atoms with Crippen LogP contribution < -0.4 is 16.0 Å². The van der Waals surface area contributed by atoms with Crippen molar-refractivity contribution < 1.29 is 14.0 Å². The summed E-state index contributed by atoms with van der Waals surface area (Å²) in [6.45, 7) is 0. The Bertz CT molecular complexity index is 1140. The van der Waals surface area contributed by atoms with E-state index >= 15 is 0 Å². The number of anilines is 1. The van der Waals surface area contributed by atoms with Crippen LogP contribution in [-0.2, 0) is 4.79 Å². The Morgan fingerprint density at radius 1 is 1.00 bits per heavy atom. The van der Waals surface area contributed by atoms with Gasteiger partial charge in [0, 0.05) is 11.3 Å². The van der Waals surface area contributed by atoms with Gasteiger partial charge in [-0.3, -0.25) is 14.6 Å². The van der Waals surface area contributed by atoms with Gasteiger partial charge in [-0.1, -0.05) is 30.3 Å². The number of nitrogens with one attached hydrogen (secondary N) is 1. The van der Waals surface area contributed by atoms with E-state index in [2.05, 4.69) is 31.2 Å². The Hall–Kier alpha value is -3.06. The lowest BCUT2D eigenvalue weighted by Crippen LogP contribution is -2.33. The van der Waals surface area contributed by atoms with Crippen molar-refractivity contribution in [3.63, 3.8) is 0 Å². The summed E-state index contributed by atoms with van der Waals surface area (Å²) in [6, 6.07) is 16.6. The maximum absolute atomic E-state index is 12.5. The molecule has 128 valence electrons. The lowest BCUT2D eigenvalue weighted by molar-refractivity contribution is -0.119. The zero-order chi connectivity index (χ0) is 18.1. The molecule has 1 aliphatic heterocycles. The van der Waals surface area contributed by atoms with Crippen LogP contribution in [0.1, 0.15) is 22.2 Å². The van der Waals surface area contributed by atoms with E-state index in [1.54, 1.807) is 54.6 Å². The minimum Gasteiger partial charge on any atom is -0.444 e. The number of carbonyl (C=O) groups is 2. The van der Waals surface area contributed by atoms with E-state index < -0.39 is 11.9 Å². The molecule has 0 saturated carbocycles. The minimum atomic E-state index is -0.801. The molecule has 2 aromatic carbocycles. The number of rotatable bonds is 3. The average molecular weight is 410 g/mol. The van der Waals surface area contributed by atoms with Crippen LogP contribution >= 0.6 is 15.9 Å². The molecule has 1 atom stereocenters. The van der Waals surface area contributed by atoms with Gasteiger partial charge in [-0.15, -0.1) is 0 Å². The van der Waals surface area contributed by atoms with Crippen LogP contribution in [0, 0.1) is 0 Å². The quantitative estimate of drug-likeness (QED) is 0.721. The van der Waals surface area contributed by atoms with Gasteiger partial charge < -0.3 is 9.73 Å². The number of benzene rings is 2. The van der Waals surface area contributed by atoms with Gasteiger partial charge in [0.05, 0.1) is 10.7 Å². The van der Waals surface area contributed by atoms with Crippen molar-refractivity contribution >= 4 is 33.4 Å². The normalized spacial score (nSPS) is 15.6. The van der Waals surface area contributed by atoms with E-state index in [9.17, 15) is 9.59 Å². The maximum Gasteiger partial charge on any atom is 0.291 e. The van der Waals surface area contributed by atoms with Gasteiger partial charge in [-0.05, 0) is 46.3 Å². The Balaban J connectivity index is 1.71. The van der Waals surface area contributed by atoms with E-state index in [4.69, 9.17) is 4.42 Å². The van der Waals surface area contributed by atoms with Gasteiger partial charge in [0.25, 0.3) is 11.8 Å². The van der Waals surface area contributed by atoms with Crippen molar-refractivity contribution in [1.82, 2.24) is 0 Å². The summed E-state index contributed by atoms with van der Waals surface area (Å²) < 4.78 is 5.73. The van der Waals surface area contributed by atoms with Crippen molar-refractivity contribution in [3.8, 4) is 0 Å². The number of amides is 2. The molecule has 1 unspecified atom stereocenters. The third kappa shape index (κ3) is 3.09. The van der Waals surface area contributed by atoms with Gasteiger partial charge in [-0.25, -0.2) is 4.99 Å². The third-order valence-corrected chi connectivity index (χ3v) is 4.34. The first-order valence-electron chi connectivity index (χ1n) is 7.83. The maximum atomic E-state index is 12.5. The molecule has 3 aromatic rings. The van der Waals surface area contributed by atoms with E-state index in [1.807, 2.05) is 6.07 Å². The highest BCUT2D eigenvalue weighted by molar-refractivity contribution is 9.10. The monoisotopic (exact) mass is 409 g/mol. The van der Waals surface area contributed by atoms with Crippen LogP contribution in [-0.4, -0.2) is 11.8 Å². The molecule has 0 fully saturated rings. The van der Waals surface area contributed by atoms with Crippen molar-refractivity contribution in [3.05, 3.63) is 87.4 Å². The first-order valence-corrected chi connectivity index (χ1v) is 8.62. The summed E-state index contributed by atoms with van der Waals surface area (Å²) in [5.41, 5.74) is 1.07. The Kier molecular flexibility index (Phi) is 4.22. The highest BCUT2D eigenvalue weighted by Crippen LogP contribution is 2.28. The lowest BCUT2D eigenvalue weighted by Gasteiger charge is -2.16. The van der Waals surface area contributed by atoms with Gasteiger partial charge in [-0.2, -0.15) is 0 Å². The van der Waals surface area contributed by atoms with Gasteiger partial charge in [0.1, 0.15) is 0 Å². The van der Waals surface area contributed by atoms with Gasteiger partial charge >= 0.3 is 0 Å². The third-order valence-electron chi connectivity index (χ3n) is 3.92. The Morgan fingerprint density at radius 3 is 2.50 bits per heavy atom. The van der Waals surface area contributed by atoms with E-state index in [1.165, 1.54) is 0 Å². The van der Waals surface area contributed by atoms with Crippen molar-refractivity contribution in [2.75, 3.05) is 5.32 Å². The SMILES string of the molecule is O=C(Nc1ccccc1C1N=c2ccccc2=NC1=O)c1ccc(Br)o1. The first kappa shape index (κ1) is 16.4. The number of para-hydroxylation sites is 3. The summed E-state index contributed by atoms with van der Waals surface area (Å²) in [7, 11) is 0. The summed E-state index contributed by atoms with van der Waals surface area (Å²) in [4.78, 5) is 33.5. The fourth-order valence-corrected chi connectivity index (χ4v) is 3.02. The number of nitrogens with zero attached hydrogens (tertiary/aromatic N) is 2. The standard InChI is InChI=1S/C19H12BrN3O3/c20-16-10-9-15(26-16)18(24)22-12-6-2-1-5-11(12)17-19(25)23-14-8-4-3-7-13(14)21-17/h1-10,17H,(H,22,24). The zero-order valence-electron chi connectivity index (χ0n) is 13.3. The van der Waals surface area contributed by atoms with Crippen molar-refractivity contribution in [2.45, 2.75) is 6.04 Å². The second-order valence-corrected chi connectivity index (χ2v) is 6.40. The zero-order valence-corrected chi connectivity index (χ0v) is 14.9.